The van der Waals surface area contributed by atoms with Crippen molar-refractivity contribution in [2.75, 3.05) is 14.2 Å². The third-order valence-electron chi connectivity index (χ3n) is 4.53. The third-order valence-corrected chi connectivity index (χ3v) is 8.86. The summed E-state index contributed by atoms with van der Waals surface area (Å²) in [5.41, 5.74) is 0.734. The van der Waals surface area contributed by atoms with E-state index in [0.29, 0.717) is 17.2 Å². The van der Waals surface area contributed by atoms with Crippen LogP contribution in [0.4, 0.5) is 0 Å². The van der Waals surface area contributed by atoms with E-state index in [-0.39, 0.29) is 23.0 Å². The number of ketones is 2. The van der Waals surface area contributed by atoms with Crippen LogP contribution in [0.1, 0.15) is 39.7 Å². The van der Waals surface area contributed by atoms with Gasteiger partial charge in [0.15, 0.2) is 23.0 Å². The summed E-state index contributed by atoms with van der Waals surface area (Å²) < 4.78 is 17.4. The molecule has 0 aliphatic carbocycles. The molecule has 0 radical (unpaired) electrons. The summed E-state index contributed by atoms with van der Waals surface area (Å²) in [7, 11) is 1.06. The summed E-state index contributed by atoms with van der Waals surface area (Å²) >= 11 is 0. The fourth-order valence-electron chi connectivity index (χ4n) is 2.00. The molecule has 0 saturated carbocycles. The standard InChI is InChI=1S/C20H30O5Si/c1-14(21)11-16(22)10-9-15-12-17(23-5)19(18(13-15)24-6)25-26(7,8)20(2,3)4/h9-10,12-13H,11H2,1-8H3. The van der Waals surface area contributed by atoms with E-state index in [1.165, 1.54) is 13.0 Å². The number of allylic oxidation sites excluding steroid dienone is 1. The highest BCUT2D eigenvalue weighted by Crippen LogP contribution is 2.45. The molecule has 0 heterocycles. The van der Waals surface area contributed by atoms with Crippen LogP contribution in [0.25, 0.3) is 6.08 Å². The predicted molar refractivity (Wildman–Crippen MR) is 107 cm³/mol. The molecule has 0 N–H and O–H groups in total. The van der Waals surface area contributed by atoms with E-state index in [2.05, 4.69) is 33.9 Å². The Kier molecular flexibility index (Phi) is 7.21. The average molecular weight is 379 g/mol. The van der Waals surface area contributed by atoms with Crippen LogP contribution in [0.5, 0.6) is 17.2 Å². The van der Waals surface area contributed by atoms with Gasteiger partial charge in [-0.05, 0) is 48.8 Å². The molecule has 1 aromatic carbocycles. The molecule has 0 atom stereocenters. The molecule has 6 heteroatoms. The highest BCUT2D eigenvalue weighted by atomic mass is 28.4. The third kappa shape index (κ3) is 5.73. The molecule has 1 aromatic rings. The summed E-state index contributed by atoms with van der Waals surface area (Å²) in [5.74, 6) is 1.28. The Hall–Kier alpha value is -2.08. The summed E-state index contributed by atoms with van der Waals surface area (Å²) in [4.78, 5) is 22.7. The lowest BCUT2D eigenvalue weighted by Gasteiger charge is -2.37. The second-order valence-electron chi connectivity index (χ2n) is 7.80. The molecule has 144 valence electrons. The topological polar surface area (TPSA) is 61.8 Å². The zero-order valence-electron chi connectivity index (χ0n) is 17.1. The zero-order valence-corrected chi connectivity index (χ0v) is 18.1. The fraction of sp³-hybridized carbons (Fsp3) is 0.500. The lowest BCUT2D eigenvalue weighted by atomic mass is 10.1. The van der Waals surface area contributed by atoms with Gasteiger partial charge < -0.3 is 13.9 Å². The van der Waals surface area contributed by atoms with E-state index < -0.39 is 8.32 Å². The van der Waals surface area contributed by atoms with E-state index in [4.69, 9.17) is 13.9 Å². The Morgan fingerprint density at radius 2 is 1.58 bits per heavy atom. The SMILES string of the molecule is COc1cc(C=CC(=O)CC(C)=O)cc(OC)c1O[Si](C)(C)C(C)(C)C. The van der Waals surface area contributed by atoms with Crippen molar-refractivity contribution in [3.63, 3.8) is 0 Å². The van der Waals surface area contributed by atoms with E-state index in [0.717, 1.165) is 5.56 Å². The number of rotatable bonds is 8. The maximum absolute atomic E-state index is 11.7. The second-order valence-corrected chi connectivity index (χ2v) is 12.5. The predicted octanol–water partition coefficient (Wildman–Crippen LogP) is 4.65. The largest absolute Gasteiger partial charge is 0.539 e. The van der Waals surface area contributed by atoms with Crippen LogP contribution >= 0.6 is 0 Å². The van der Waals surface area contributed by atoms with E-state index >= 15 is 0 Å². The average Bonchev–Trinajstić information content (AvgIpc) is 2.51. The van der Waals surface area contributed by atoms with Crippen LogP contribution < -0.4 is 13.9 Å². The summed E-state index contributed by atoms with van der Waals surface area (Å²) in [6, 6.07) is 3.59. The number of Topliss-reactive ketones (excluding diaryl/α,β-unsaturated/α-hetero) is 1. The molecule has 0 fully saturated rings. The molecule has 26 heavy (non-hydrogen) atoms. The minimum atomic E-state index is -2.08. The van der Waals surface area contributed by atoms with E-state index in [9.17, 15) is 9.59 Å². The van der Waals surface area contributed by atoms with Crippen molar-refractivity contribution < 1.29 is 23.5 Å². The normalized spacial score (nSPS) is 12.2. The Balaban J connectivity index is 3.25. The molecular weight excluding hydrogens is 348 g/mol. The molecular formula is C20H30O5Si. The zero-order chi connectivity index (χ0) is 20.1. The monoisotopic (exact) mass is 378 g/mol. The Labute approximate surface area is 157 Å². The molecule has 0 amide bonds. The van der Waals surface area contributed by atoms with Crippen molar-refractivity contribution in [2.45, 2.75) is 52.2 Å². The van der Waals surface area contributed by atoms with Crippen molar-refractivity contribution in [2.24, 2.45) is 0 Å². The first-order valence-corrected chi connectivity index (χ1v) is 11.5. The van der Waals surface area contributed by atoms with Gasteiger partial charge in [-0.2, -0.15) is 0 Å². The summed E-state index contributed by atoms with van der Waals surface area (Å²) in [6.07, 6.45) is 2.94. The highest BCUT2D eigenvalue weighted by Gasteiger charge is 2.40. The number of hydrogen-bond donors (Lipinski definition) is 0. The number of benzene rings is 1. The van der Waals surface area contributed by atoms with Gasteiger partial charge in [-0.25, -0.2) is 0 Å². The molecule has 0 aromatic heterocycles. The maximum atomic E-state index is 11.7. The smallest absolute Gasteiger partial charge is 0.250 e. The van der Waals surface area contributed by atoms with E-state index in [1.807, 2.05) is 0 Å². The van der Waals surface area contributed by atoms with Crippen LogP contribution in [0.3, 0.4) is 0 Å². The quantitative estimate of drug-likeness (QED) is 0.374. The fourth-order valence-corrected chi connectivity index (χ4v) is 3.02. The first-order valence-electron chi connectivity index (χ1n) is 8.56. The van der Waals surface area contributed by atoms with Gasteiger partial charge >= 0.3 is 0 Å². The summed E-state index contributed by atoms with van der Waals surface area (Å²) in [6.45, 7) is 12.2. The van der Waals surface area contributed by atoms with Crippen LogP contribution in [0, 0.1) is 0 Å². The molecule has 0 aliphatic rings. The summed E-state index contributed by atoms with van der Waals surface area (Å²) in [5, 5.41) is 0.0285. The van der Waals surface area contributed by atoms with Crippen LogP contribution in [0.2, 0.25) is 18.1 Å². The molecule has 0 saturated heterocycles. The van der Waals surface area contributed by atoms with Crippen molar-refractivity contribution >= 4 is 26.0 Å². The van der Waals surface area contributed by atoms with Crippen LogP contribution in [0.15, 0.2) is 18.2 Å². The van der Waals surface area contributed by atoms with Gasteiger partial charge in [0.25, 0.3) is 8.32 Å². The maximum Gasteiger partial charge on any atom is 0.250 e. The first-order chi connectivity index (χ1) is 11.9. The van der Waals surface area contributed by atoms with Crippen molar-refractivity contribution in [3.05, 3.63) is 23.8 Å². The Morgan fingerprint density at radius 3 is 1.96 bits per heavy atom. The van der Waals surface area contributed by atoms with Crippen LogP contribution in [-0.4, -0.2) is 34.1 Å². The molecule has 0 spiro atoms. The Bertz CT molecular complexity index is 674. The van der Waals surface area contributed by atoms with Gasteiger partial charge in [0.1, 0.15) is 5.78 Å². The van der Waals surface area contributed by atoms with Gasteiger partial charge in [0, 0.05) is 0 Å². The van der Waals surface area contributed by atoms with Gasteiger partial charge in [-0.1, -0.05) is 26.8 Å². The lowest BCUT2D eigenvalue weighted by molar-refractivity contribution is -0.123. The van der Waals surface area contributed by atoms with E-state index in [1.54, 1.807) is 32.4 Å². The number of carbonyl (C=O) groups is 2. The lowest BCUT2D eigenvalue weighted by Crippen LogP contribution is -2.44. The molecule has 0 bridgehead atoms. The minimum absolute atomic E-state index is 0.0285. The molecule has 0 unspecified atom stereocenters. The molecule has 5 nitrogen and oxygen atoms in total. The van der Waals surface area contributed by atoms with Gasteiger partial charge in [0.05, 0.1) is 20.6 Å². The minimum Gasteiger partial charge on any atom is -0.539 e. The highest BCUT2D eigenvalue weighted by molar-refractivity contribution is 6.74. The van der Waals surface area contributed by atoms with Crippen molar-refractivity contribution in [1.82, 2.24) is 0 Å². The van der Waals surface area contributed by atoms with Gasteiger partial charge in [0.2, 0.25) is 0 Å². The Morgan fingerprint density at radius 1 is 1.08 bits per heavy atom. The van der Waals surface area contributed by atoms with Crippen molar-refractivity contribution in [3.8, 4) is 17.2 Å². The molecule has 0 aliphatic heterocycles. The number of methoxy groups -OCH3 is 2. The first kappa shape index (κ1) is 22.0. The van der Waals surface area contributed by atoms with Crippen LogP contribution in [-0.2, 0) is 9.59 Å². The molecule has 1 rings (SSSR count). The number of carbonyl (C=O) groups excluding carboxylic acids is 2. The van der Waals surface area contributed by atoms with Gasteiger partial charge in [-0.15, -0.1) is 0 Å². The number of hydrogen-bond acceptors (Lipinski definition) is 5. The second kappa shape index (κ2) is 8.53. The van der Waals surface area contributed by atoms with Gasteiger partial charge in [-0.3, -0.25) is 9.59 Å². The van der Waals surface area contributed by atoms with Crippen molar-refractivity contribution in [1.29, 1.82) is 0 Å². The number of ether oxygens (including phenoxy) is 2.